The molecule has 0 saturated heterocycles. The van der Waals surface area contributed by atoms with Gasteiger partial charge in [-0.2, -0.15) is 0 Å². The van der Waals surface area contributed by atoms with E-state index in [1.54, 1.807) is 0 Å². The van der Waals surface area contributed by atoms with Gasteiger partial charge in [-0.25, -0.2) is 9.13 Å². The summed E-state index contributed by atoms with van der Waals surface area (Å²) in [6.07, 6.45) is 58.5. The molecule has 3 N–H and O–H groups in total. The molecule has 19 heteroatoms. The molecule has 0 amide bonds. The maximum Gasteiger partial charge on any atom is 0.472 e. The molecule has 0 rings (SSSR count). The first kappa shape index (κ1) is 97.1. The summed E-state index contributed by atoms with van der Waals surface area (Å²) in [4.78, 5) is 72.9. The first-order valence-corrected chi connectivity index (χ1v) is 44.4. The maximum absolute atomic E-state index is 13.1. The first-order chi connectivity index (χ1) is 47.8. The normalized spacial score (nSPS) is 14.5. The second-order valence-electron chi connectivity index (χ2n) is 29.8. The number of aliphatic hydroxyl groups excluding tert-OH is 1. The van der Waals surface area contributed by atoms with E-state index >= 15 is 0 Å². The van der Waals surface area contributed by atoms with Gasteiger partial charge in [0, 0.05) is 25.7 Å². The predicted octanol–water partition coefficient (Wildman–Crippen LogP) is 23.7. The van der Waals surface area contributed by atoms with Gasteiger partial charge in [-0.3, -0.25) is 37.3 Å². The minimum absolute atomic E-state index is 0.102. The van der Waals surface area contributed by atoms with Crippen LogP contribution in [0.1, 0.15) is 414 Å². The van der Waals surface area contributed by atoms with Crippen LogP contribution in [0.15, 0.2) is 0 Å². The Morgan fingerprint density at radius 3 is 0.768 bits per heavy atom. The third kappa shape index (κ3) is 71.5. The van der Waals surface area contributed by atoms with E-state index in [2.05, 4.69) is 48.5 Å². The van der Waals surface area contributed by atoms with Gasteiger partial charge in [0.2, 0.25) is 0 Å². The van der Waals surface area contributed by atoms with Crippen LogP contribution >= 0.6 is 15.6 Å². The summed E-state index contributed by atoms with van der Waals surface area (Å²) in [7, 11) is -9.92. The Morgan fingerprint density at radius 2 is 0.515 bits per heavy atom. The lowest BCUT2D eigenvalue weighted by atomic mass is 10.00. The van der Waals surface area contributed by atoms with Crippen LogP contribution in [0, 0.1) is 17.8 Å². The molecule has 0 bridgehead atoms. The number of aliphatic hydroxyl groups is 1. The third-order valence-electron chi connectivity index (χ3n) is 19.4. The molecule has 0 aliphatic carbocycles. The number of unbranched alkanes of at least 4 members (excludes halogenated alkanes) is 44. The predicted molar refractivity (Wildman–Crippen MR) is 405 cm³/mol. The lowest BCUT2D eigenvalue weighted by Gasteiger charge is -2.21. The molecule has 99 heavy (non-hydrogen) atoms. The van der Waals surface area contributed by atoms with Crippen molar-refractivity contribution in [2.45, 2.75) is 433 Å². The molecule has 7 atom stereocenters. The minimum atomic E-state index is -4.96. The topological polar surface area (TPSA) is 237 Å². The van der Waals surface area contributed by atoms with Crippen LogP contribution in [0.2, 0.25) is 0 Å². The van der Waals surface area contributed by atoms with Gasteiger partial charge in [-0.15, -0.1) is 0 Å². The highest BCUT2D eigenvalue weighted by molar-refractivity contribution is 7.47. The molecule has 0 heterocycles. The molecule has 0 spiro atoms. The van der Waals surface area contributed by atoms with Gasteiger partial charge in [0.25, 0.3) is 0 Å². The third-order valence-corrected chi connectivity index (χ3v) is 21.3. The Bertz CT molecular complexity index is 1930. The van der Waals surface area contributed by atoms with E-state index in [-0.39, 0.29) is 25.7 Å². The summed E-state index contributed by atoms with van der Waals surface area (Å²) in [6.45, 7) is 11.9. The van der Waals surface area contributed by atoms with Crippen molar-refractivity contribution in [1.29, 1.82) is 0 Å². The molecular weight excluding hydrogens is 1290 g/mol. The molecule has 4 unspecified atom stereocenters. The quantitative estimate of drug-likeness (QED) is 0.0222. The van der Waals surface area contributed by atoms with Crippen molar-refractivity contribution in [2.24, 2.45) is 17.8 Å². The molecule has 0 radical (unpaired) electrons. The number of phosphoric acid groups is 2. The maximum atomic E-state index is 13.1. The fourth-order valence-electron chi connectivity index (χ4n) is 12.2. The van der Waals surface area contributed by atoms with Gasteiger partial charge in [-0.05, 0) is 43.4 Å². The largest absolute Gasteiger partial charge is 0.472 e. The van der Waals surface area contributed by atoms with Gasteiger partial charge in [-0.1, -0.05) is 363 Å². The molecule has 0 saturated carbocycles. The number of hydrogen-bond acceptors (Lipinski definition) is 15. The van der Waals surface area contributed by atoms with E-state index in [0.29, 0.717) is 25.7 Å². The van der Waals surface area contributed by atoms with Gasteiger partial charge in [0.1, 0.15) is 19.3 Å². The number of carbonyl (C=O) groups is 4. The van der Waals surface area contributed by atoms with Crippen LogP contribution in [0.25, 0.3) is 0 Å². The van der Waals surface area contributed by atoms with Crippen LogP contribution in [0.5, 0.6) is 0 Å². The summed E-state index contributed by atoms with van der Waals surface area (Å²) in [6, 6.07) is 0. The Hall–Kier alpha value is -1.94. The SMILES string of the molecule is CCCCCCCCCCCCCCCCCCCCC(=O)OC[C@H](COP(=O)(O)OC[C@@H](O)COP(=O)(O)OC[C@@H](COC(=O)CCCCCCCCC(C)CC)OC(=O)CCCCCCCCC(C)CC)OC(=O)CCCCCCCCCCCCCCCCCCCCC(C)C. The Kier molecular flexibility index (Phi) is 69.0. The second kappa shape index (κ2) is 70.4. The smallest absolute Gasteiger partial charge is 0.462 e. The number of esters is 4. The fraction of sp³-hybridized carbons (Fsp3) is 0.950. The van der Waals surface area contributed by atoms with Crippen molar-refractivity contribution >= 4 is 39.5 Å². The van der Waals surface area contributed by atoms with Crippen molar-refractivity contribution in [2.75, 3.05) is 39.6 Å². The van der Waals surface area contributed by atoms with E-state index in [0.717, 1.165) is 114 Å². The van der Waals surface area contributed by atoms with Crippen molar-refractivity contribution in [3.8, 4) is 0 Å². The van der Waals surface area contributed by atoms with Gasteiger partial charge >= 0.3 is 39.5 Å². The Morgan fingerprint density at radius 1 is 0.293 bits per heavy atom. The van der Waals surface area contributed by atoms with Crippen LogP contribution in [0.4, 0.5) is 0 Å². The molecule has 0 aromatic carbocycles. The number of carbonyl (C=O) groups excluding carboxylic acids is 4. The number of phosphoric ester groups is 2. The first-order valence-electron chi connectivity index (χ1n) is 41.4. The summed E-state index contributed by atoms with van der Waals surface area (Å²) >= 11 is 0. The van der Waals surface area contributed by atoms with Crippen molar-refractivity contribution in [3.63, 3.8) is 0 Å². The molecule has 0 fully saturated rings. The van der Waals surface area contributed by atoms with E-state index in [4.69, 9.17) is 37.0 Å². The average molecular weight is 1450 g/mol. The lowest BCUT2D eigenvalue weighted by molar-refractivity contribution is -0.161. The van der Waals surface area contributed by atoms with E-state index in [1.807, 2.05) is 0 Å². The monoisotopic (exact) mass is 1450 g/mol. The van der Waals surface area contributed by atoms with Crippen molar-refractivity contribution in [3.05, 3.63) is 0 Å². The van der Waals surface area contributed by atoms with E-state index in [1.165, 1.54) is 218 Å². The number of ether oxygens (including phenoxy) is 4. The highest BCUT2D eigenvalue weighted by Crippen LogP contribution is 2.45. The van der Waals surface area contributed by atoms with Crippen LogP contribution < -0.4 is 0 Å². The summed E-state index contributed by atoms with van der Waals surface area (Å²) in [5.74, 6) is 0.153. The number of rotatable bonds is 78. The zero-order chi connectivity index (χ0) is 73.0. The molecule has 588 valence electrons. The molecule has 0 aromatic rings. The second-order valence-corrected chi connectivity index (χ2v) is 32.7. The highest BCUT2D eigenvalue weighted by Gasteiger charge is 2.30. The van der Waals surface area contributed by atoms with E-state index < -0.39 is 97.5 Å². The average Bonchev–Trinajstić information content (AvgIpc) is 1.16. The standard InChI is InChI=1S/C80H156O17P2/c1-8-11-12-13-14-15-16-17-18-19-23-26-29-32-35-38-47-54-61-77(82)90-67-75(96-79(84)63-56-49-39-36-33-30-27-24-21-20-22-25-28-31-34-37-44-51-58-71(4)5)69-94-98(86,87)92-65-74(81)66-93-99(88,89)95-70-76(97-80(85)64-57-50-43-41-46-53-60-73(7)10-3)68-91-78(83)62-55-48-42-40-45-52-59-72(6)9-2/h71-76,81H,8-70H2,1-7H3,(H,86,87)(H,88,89)/t72?,73?,74-,75-,76-/m1/s1. The van der Waals surface area contributed by atoms with Crippen LogP contribution in [-0.4, -0.2) is 96.7 Å². The summed E-state index contributed by atoms with van der Waals surface area (Å²) in [5, 5.41) is 10.6. The van der Waals surface area contributed by atoms with Crippen molar-refractivity contribution < 1.29 is 80.2 Å². The number of hydrogen-bond donors (Lipinski definition) is 3. The zero-order valence-electron chi connectivity index (χ0n) is 65.0. The molecular formula is C80H156O17P2. The molecule has 0 aliphatic rings. The van der Waals surface area contributed by atoms with Crippen LogP contribution in [-0.2, 0) is 65.4 Å². The molecule has 17 nitrogen and oxygen atoms in total. The zero-order valence-corrected chi connectivity index (χ0v) is 66.8. The van der Waals surface area contributed by atoms with Crippen LogP contribution in [0.3, 0.4) is 0 Å². The summed E-state index contributed by atoms with van der Waals surface area (Å²) < 4.78 is 68.6. The lowest BCUT2D eigenvalue weighted by Crippen LogP contribution is -2.30. The van der Waals surface area contributed by atoms with Crippen molar-refractivity contribution in [1.82, 2.24) is 0 Å². The van der Waals surface area contributed by atoms with E-state index in [9.17, 15) is 43.2 Å². The highest BCUT2D eigenvalue weighted by atomic mass is 31.2. The van der Waals surface area contributed by atoms with Gasteiger partial charge < -0.3 is 33.8 Å². The Labute approximate surface area is 607 Å². The Balaban J connectivity index is 5.20. The van der Waals surface area contributed by atoms with Gasteiger partial charge in [0.15, 0.2) is 12.2 Å². The molecule has 0 aliphatic heterocycles. The minimum Gasteiger partial charge on any atom is -0.462 e. The van der Waals surface area contributed by atoms with Gasteiger partial charge in [0.05, 0.1) is 26.4 Å². The molecule has 0 aromatic heterocycles. The fourth-order valence-corrected chi connectivity index (χ4v) is 13.8. The summed E-state index contributed by atoms with van der Waals surface area (Å²) in [5.41, 5.74) is 0.